The van der Waals surface area contributed by atoms with E-state index in [1.54, 1.807) is 6.33 Å². The van der Waals surface area contributed by atoms with Gasteiger partial charge in [0.25, 0.3) is 0 Å². The second-order valence-electron chi connectivity index (χ2n) is 2.77. The first-order chi connectivity index (χ1) is 7.90. The van der Waals surface area contributed by atoms with Crippen molar-refractivity contribution in [2.24, 2.45) is 0 Å². The number of rotatable bonds is 1. The lowest BCUT2D eigenvalue weighted by atomic mass is 10.1. The highest BCUT2D eigenvalue weighted by Gasteiger charge is 1.94. The number of hydrogen-bond donors (Lipinski definition) is 0. The van der Waals surface area contributed by atoms with Crippen LogP contribution in [0.2, 0.25) is 0 Å². The first kappa shape index (κ1) is 14.6. The van der Waals surface area contributed by atoms with Crippen LogP contribution in [0.1, 0.15) is 40.2 Å². The van der Waals surface area contributed by atoms with Crippen LogP contribution in [0.25, 0.3) is 10.9 Å². The third-order valence-corrected chi connectivity index (χ3v) is 1.98. The maximum Gasteiger partial charge on any atom is 0.116 e. The molecule has 2 rings (SSSR count). The summed E-state index contributed by atoms with van der Waals surface area (Å²) in [6.07, 6.45) is 4.48. The summed E-state index contributed by atoms with van der Waals surface area (Å²) < 4.78 is 0. The predicted octanol–water partition coefficient (Wildman–Crippen LogP) is 4.24. The Bertz CT molecular complexity index is 397. The molecule has 0 atom stereocenters. The monoisotopic (exact) mass is 218 g/mol. The SMILES string of the molecule is CC.CC.CCc1ccc2cncnc2c1. The Morgan fingerprint density at radius 3 is 2.38 bits per heavy atom. The maximum absolute atomic E-state index is 4.18. The van der Waals surface area contributed by atoms with Gasteiger partial charge in [0.2, 0.25) is 0 Å². The van der Waals surface area contributed by atoms with Crippen molar-refractivity contribution in [1.82, 2.24) is 9.97 Å². The molecule has 0 aliphatic carbocycles. The van der Waals surface area contributed by atoms with Crippen molar-refractivity contribution >= 4 is 10.9 Å². The highest BCUT2D eigenvalue weighted by molar-refractivity contribution is 5.77. The van der Waals surface area contributed by atoms with Crippen molar-refractivity contribution in [1.29, 1.82) is 0 Å². The molecular weight excluding hydrogens is 196 g/mol. The fraction of sp³-hybridized carbons (Fsp3) is 0.429. The van der Waals surface area contributed by atoms with Gasteiger partial charge in [-0.15, -0.1) is 0 Å². The fourth-order valence-electron chi connectivity index (χ4n) is 1.24. The van der Waals surface area contributed by atoms with E-state index in [0.717, 1.165) is 17.3 Å². The van der Waals surface area contributed by atoms with Crippen LogP contribution in [0.4, 0.5) is 0 Å². The summed E-state index contributed by atoms with van der Waals surface area (Å²) in [4.78, 5) is 8.14. The maximum atomic E-state index is 4.18. The molecule has 0 saturated heterocycles. The minimum absolute atomic E-state index is 1.03. The van der Waals surface area contributed by atoms with Crippen LogP contribution in [0, 0.1) is 0 Å². The van der Waals surface area contributed by atoms with Gasteiger partial charge in [0.1, 0.15) is 6.33 Å². The molecule has 0 N–H and O–H groups in total. The van der Waals surface area contributed by atoms with Crippen LogP contribution in [-0.2, 0) is 6.42 Å². The molecule has 16 heavy (non-hydrogen) atoms. The number of fused-ring (bicyclic) bond motifs is 1. The minimum Gasteiger partial charge on any atom is -0.244 e. The summed E-state index contributed by atoms with van der Waals surface area (Å²) in [5.74, 6) is 0. The van der Waals surface area contributed by atoms with E-state index in [0.29, 0.717) is 0 Å². The molecule has 0 aliphatic heterocycles. The fourth-order valence-corrected chi connectivity index (χ4v) is 1.24. The van der Waals surface area contributed by atoms with Crippen molar-refractivity contribution in [3.8, 4) is 0 Å². The Hall–Kier alpha value is -1.44. The lowest BCUT2D eigenvalue weighted by molar-refractivity contribution is 1.14. The molecule has 0 spiro atoms. The first-order valence-corrected chi connectivity index (χ1v) is 6.09. The van der Waals surface area contributed by atoms with Gasteiger partial charge in [-0.3, -0.25) is 0 Å². The van der Waals surface area contributed by atoms with E-state index in [-0.39, 0.29) is 0 Å². The smallest absolute Gasteiger partial charge is 0.116 e. The highest BCUT2D eigenvalue weighted by atomic mass is 14.8. The largest absolute Gasteiger partial charge is 0.244 e. The van der Waals surface area contributed by atoms with Gasteiger partial charge in [-0.25, -0.2) is 9.97 Å². The third-order valence-electron chi connectivity index (χ3n) is 1.98. The van der Waals surface area contributed by atoms with Crippen LogP contribution in [-0.4, -0.2) is 9.97 Å². The van der Waals surface area contributed by atoms with E-state index in [1.165, 1.54) is 5.56 Å². The normalized spacial score (nSPS) is 8.56. The Morgan fingerprint density at radius 1 is 1.06 bits per heavy atom. The molecule has 0 amide bonds. The molecule has 1 aromatic carbocycles. The minimum atomic E-state index is 1.03. The van der Waals surface area contributed by atoms with Crippen LogP contribution >= 0.6 is 0 Å². The first-order valence-electron chi connectivity index (χ1n) is 6.09. The molecule has 2 heteroatoms. The lowest BCUT2D eigenvalue weighted by Gasteiger charge is -1.98. The van der Waals surface area contributed by atoms with E-state index in [4.69, 9.17) is 0 Å². The Labute approximate surface area is 98.8 Å². The van der Waals surface area contributed by atoms with Gasteiger partial charge in [0, 0.05) is 11.6 Å². The summed E-state index contributed by atoms with van der Waals surface area (Å²) in [5, 5.41) is 1.11. The predicted molar refractivity (Wildman–Crippen MR) is 71.6 cm³/mol. The average Bonchev–Trinajstić information content (AvgIpc) is 2.42. The van der Waals surface area contributed by atoms with Crippen molar-refractivity contribution in [2.75, 3.05) is 0 Å². The van der Waals surface area contributed by atoms with Gasteiger partial charge >= 0.3 is 0 Å². The molecule has 0 aliphatic rings. The number of aromatic nitrogens is 2. The van der Waals surface area contributed by atoms with Gasteiger partial charge in [0.15, 0.2) is 0 Å². The number of hydrogen-bond acceptors (Lipinski definition) is 2. The zero-order valence-electron chi connectivity index (χ0n) is 11.0. The number of aryl methyl sites for hydroxylation is 1. The van der Waals surface area contributed by atoms with Crippen LogP contribution in [0.15, 0.2) is 30.7 Å². The molecule has 1 aromatic heterocycles. The summed E-state index contributed by atoms with van der Waals surface area (Å²) in [5.41, 5.74) is 2.35. The second kappa shape index (κ2) is 8.84. The van der Waals surface area contributed by atoms with Gasteiger partial charge in [-0.05, 0) is 18.1 Å². The molecular formula is C14H22N2. The van der Waals surface area contributed by atoms with Crippen LogP contribution in [0.3, 0.4) is 0 Å². The molecule has 2 aromatic rings. The Morgan fingerprint density at radius 2 is 1.75 bits per heavy atom. The molecule has 2 nitrogen and oxygen atoms in total. The summed E-state index contributed by atoms with van der Waals surface area (Å²) in [7, 11) is 0. The van der Waals surface area contributed by atoms with Gasteiger partial charge in [0.05, 0.1) is 5.52 Å². The Balaban J connectivity index is 0.000000509. The van der Waals surface area contributed by atoms with Gasteiger partial charge in [-0.2, -0.15) is 0 Å². The molecule has 0 bridgehead atoms. The molecule has 0 radical (unpaired) electrons. The van der Waals surface area contributed by atoms with Gasteiger partial charge < -0.3 is 0 Å². The van der Waals surface area contributed by atoms with Crippen molar-refractivity contribution in [3.05, 3.63) is 36.3 Å². The van der Waals surface area contributed by atoms with E-state index < -0.39 is 0 Å². The topological polar surface area (TPSA) is 25.8 Å². The Kier molecular flexibility index (Phi) is 8.04. The number of benzene rings is 1. The van der Waals surface area contributed by atoms with Crippen LogP contribution < -0.4 is 0 Å². The van der Waals surface area contributed by atoms with Crippen molar-refractivity contribution < 1.29 is 0 Å². The average molecular weight is 218 g/mol. The zero-order chi connectivity index (χ0) is 12.4. The van der Waals surface area contributed by atoms with E-state index in [9.17, 15) is 0 Å². The van der Waals surface area contributed by atoms with Crippen molar-refractivity contribution in [2.45, 2.75) is 41.0 Å². The van der Waals surface area contributed by atoms with Crippen molar-refractivity contribution in [3.63, 3.8) is 0 Å². The summed E-state index contributed by atoms with van der Waals surface area (Å²) in [6, 6.07) is 6.29. The zero-order valence-corrected chi connectivity index (χ0v) is 11.0. The van der Waals surface area contributed by atoms with Gasteiger partial charge in [-0.1, -0.05) is 46.8 Å². The quantitative estimate of drug-likeness (QED) is 0.715. The molecule has 0 saturated carbocycles. The molecule has 0 unspecified atom stereocenters. The van der Waals surface area contributed by atoms with E-state index >= 15 is 0 Å². The second-order valence-corrected chi connectivity index (χ2v) is 2.77. The van der Waals surface area contributed by atoms with Crippen LogP contribution in [0.5, 0.6) is 0 Å². The molecule has 88 valence electrons. The third kappa shape index (κ3) is 3.97. The lowest BCUT2D eigenvalue weighted by Crippen LogP contribution is -1.83. The summed E-state index contributed by atoms with van der Waals surface area (Å²) >= 11 is 0. The molecule has 0 fully saturated rings. The standard InChI is InChI=1S/C10H10N2.2C2H6/c1-2-8-3-4-9-6-11-7-12-10(9)5-8;2*1-2/h3-7H,2H2,1H3;2*1-2H3. The van der Waals surface area contributed by atoms with E-state index in [2.05, 4.69) is 35.1 Å². The molecule has 1 heterocycles. The van der Waals surface area contributed by atoms with E-state index in [1.807, 2.05) is 33.9 Å². The summed E-state index contributed by atoms with van der Waals surface area (Å²) in [6.45, 7) is 10.1. The number of nitrogens with zero attached hydrogens (tertiary/aromatic N) is 2. The highest BCUT2D eigenvalue weighted by Crippen LogP contribution is 2.11.